The first kappa shape index (κ1) is 7.99. The number of fused-ring (bicyclic) bond motifs is 4. The lowest BCUT2D eigenvalue weighted by Crippen LogP contribution is -2.08. The molecule has 0 spiro atoms. The molecular formula is C14H8N2. The summed E-state index contributed by atoms with van der Waals surface area (Å²) in [6, 6.07) is 12.7. The van der Waals surface area contributed by atoms with Gasteiger partial charge in [-0.05, 0) is 40.1 Å². The molecule has 2 aromatic carbocycles. The van der Waals surface area contributed by atoms with Crippen molar-refractivity contribution >= 4 is 18.1 Å². The van der Waals surface area contributed by atoms with E-state index in [9.17, 15) is 0 Å². The van der Waals surface area contributed by atoms with Crippen molar-refractivity contribution in [2.24, 2.45) is 9.98 Å². The maximum atomic E-state index is 4.24. The van der Waals surface area contributed by atoms with Gasteiger partial charge in [0.25, 0.3) is 0 Å². The molecule has 0 fully saturated rings. The molecule has 0 amide bonds. The topological polar surface area (TPSA) is 24.7 Å². The fourth-order valence-corrected chi connectivity index (χ4v) is 2.34. The van der Waals surface area contributed by atoms with Gasteiger partial charge >= 0.3 is 0 Å². The lowest BCUT2D eigenvalue weighted by Gasteiger charge is -1.99. The summed E-state index contributed by atoms with van der Waals surface area (Å²) in [5.41, 5.74) is 4.82. The zero-order chi connectivity index (χ0) is 10.5. The number of benzene rings is 2. The third kappa shape index (κ3) is 0.910. The van der Waals surface area contributed by atoms with Crippen LogP contribution in [0.25, 0.3) is 17.2 Å². The van der Waals surface area contributed by atoms with Gasteiger partial charge in [0.15, 0.2) is 0 Å². The largest absolute Gasteiger partial charge is 0.235 e. The van der Waals surface area contributed by atoms with Gasteiger partial charge in [0.2, 0.25) is 0 Å². The Bertz CT molecular complexity index is 755. The Morgan fingerprint density at radius 3 is 2.88 bits per heavy atom. The Labute approximate surface area is 92.3 Å². The SMILES string of the molecule is C1=Nc2cc3c(cc2=N1)-c1ccccc1C=3. The lowest BCUT2D eigenvalue weighted by atomic mass is 10.0. The summed E-state index contributed by atoms with van der Waals surface area (Å²) < 4.78 is 0. The molecule has 16 heavy (non-hydrogen) atoms. The Morgan fingerprint density at radius 2 is 1.88 bits per heavy atom. The van der Waals surface area contributed by atoms with E-state index in [1.165, 1.54) is 21.9 Å². The Balaban J connectivity index is 2.15. The van der Waals surface area contributed by atoms with E-state index >= 15 is 0 Å². The lowest BCUT2D eigenvalue weighted by molar-refractivity contribution is 1.44. The minimum absolute atomic E-state index is 0.975. The molecule has 1 aliphatic carbocycles. The van der Waals surface area contributed by atoms with Gasteiger partial charge < -0.3 is 0 Å². The molecule has 74 valence electrons. The summed E-state index contributed by atoms with van der Waals surface area (Å²) >= 11 is 0. The van der Waals surface area contributed by atoms with E-state index in [0.717, 1.165) is 11.0 Å². The Kier molecular flexibility index (Phi) is 1.33. The maximum Gasteiger partial charge on any atom is 0.116 e. The zero-order valence-electron chi connectivity index (χ0n) is 8.51. The molecule has 2 aromatic rings. The van der Waals surface area contributed by atoms with E-state index in [1.807, 2.05) is 0 Å². The predicted octanol–water partition coefficient (Wildman–Crippen LogP) is 1.79. The van der Waals surface area contributed by atoms with Gasteiger partial charge in [-0.15, -0.1) is 0 Å². The van der Waals surface area contributed by atoms with E-state index < -0.39 is 0 Å². The smallest absolute Gasteiger partial charge is 0.116 e. The van der Waals surface area contributed by atoms with Crippen molar-refractivity contribution in [2.75, 3.05) is 0 Å². The maximum absolute atomic E-state index is 4.24. The van der Waals surface area contributed by atoms with Crippen molar-refractivity contribution < 1.29 is 0 Å². The highest BCUT2D eigenvalue weighted by molar-refractivity contribution is 5.84. The van der Waals surface area contributed by atoms with Gasteiger partial charge in [-0.25, -0.2) is 9.98 Å². The molecule has 0 N–H and O–H groups in total. The number of rotatable bonds is 0. The second-order valence-electron chi connectivity index (χ2n) is 4.03. The van der Waals surface area contributed by atoms with Crippen LogP contribution >= 0.6 is 0 Å². The first-order valence-electron chi connectivity index (χ1n) is 5.27. The van der Waals surface area contributed by atoms with Gasteiger partial charge in [0, 0.05) is 0 Å². The van der Waals surface area contributed by atoms with Crippen molar-refractivity contribution in [1.82, 2.24) is 0 Å². The molecule has 0 unspecified atom stereocenters. The van der Waals surface area contributed by atoms with Crippen LogP contribution in [0.15, 0.2) is 46.4 Å². The molecule has 2 nitrogen and oxygen atoms in total. The Morgan fingerprint density at radius 1 is 0.938 bits per heavy atom. The van der Waals surface area contributed by atoms with Crippen molar-refractivity contribution in [3.05, 3.63) is 52.5 Å². The average Bonchev–Trinajstić information content (AvgIpc) is 2.88. The van der Waals surface area contributed by atoms with Crippen LogP contribution < -0.4 is 10.6 Å². The van der Waals surface area contributed by atoms with Gasteiger partial charge in [-0.1, -0.05) is 24.3 Å². The minimum Gasteiger partial charge on any atom is -0.235 e. The van der Waals surface area contributed by atoms with E-state index in [0.29, 0.717) is 0 Å². The van der Waals surface area contributed by atoms with Crippen LogP contribution in [-0.2, 0) is 0 Å². The molecule has 0 saturated carbocycles. The number of nitrogens with zero attached hydrogens (tertiary/aromatic N) is 2. The van der Waals surface area contributed by atoms with Crippen molar-refractivity contribution in [3.63, 3.8) is 0 Å². The molecule has 2 heteroatoms. The molecule has 0 bridgehead atoms. The fraction of sp³-hybridized carbons (Fsp3) is 0. The number of hydrogen-bond donors (Lipinski definition) is 0. The summed E-state index contributed by atoms with van der Waals surface area (Å²) in [4.78, 5) is 8.47. The average molecular weight is 204 g/mol. The summed E-state index contributed by atoms with van der Waals surface area (Å²) in [5, 5.41) is 2.22. The van der Waals surface area contributed by atoms with E-state index in [1.54, 1.807) is 6.34 Å². The van der Waals surface area contributed by atoms with Crippen LogP contribution in [0.3, 0.4) is 0 Å². The van der Waals surface area contributed by atoms with Crippen LogP contribution in [0.2, 0.25) is 0 Å². The van der Waals surface area contributed by atoms with Crippen molar-refractivity contribution in [2.45, 2.75) is 0 Å². The van der Waals surface area contributed by atoms with E-state index in [2.05, 4.69) is 52.5 Å². The van der Waals surface area contributed by atoms with Crippen LogP contribution in [-0.4, -0.2) is 6.34 Å². The molecule has 1 aliphatic heterocycles. The fourth-order valence-electron chi connectivity index (χ4n) is 2.34. The third-order valence-electron chi connectivity index (χ3n) is 3.10. The standard InChI is InChI=1S/C14H8N2/c1-2-4-11-9(3-1)5-10-6-13-14(7-12(10)11)16-8-15-13/h1-8H. The predicted molar refractivity (Wildman–Crippen MR) is 64.4 cm³/mol. The van der Waals surface area contributed by atoms with Crippen molar-refractivity contribution in [1.29, 1.82) is 0 Å². The highest BCUT2D eigenvalue weighted by Crippen LogP contribution is 2.26. The second kappa shape index (κ2) is 2.67. The van der Waals surface area contributed by atoms with Crippen LogP contribution in [0, 0.1) is 0 Å². The molecule has 1 heterocycles. The van der Waals surface area contributed by atoms with Crippen molar-refractivity contribution in [3.8, 4) is 11.1 Å². The molecule has 4 rings (SSSR count). The summed E-state index contributed by atoms with van der Waals surface area (Å²) in [6.45, 7) is 0. The van der Waals surface area contributed by atoms with Crippen LogP contribution in [0.1, 0.15) is 5.56 Å². The highest BCUT2D eigenvalue weighted by atomic mass is 14.9. The van der Waals surface area contributed by atoms with Gasteiger partial charge in [0.1, 0.15) is 6.34 Å². The normalized spacial score (nSPS) is 13.8. The summed E-state index contributed by atoms with van der Waals surface area (Å²) in [6.07, 6.45) is 3.82. The monoisotopic (exact) mass is 204 g/mol. The first-order chi connectivity index (χ1) is 7.92. The second-order valence-corrected chi connectivity index (χ2v) is 4.03. The molecule has 0 atom stereocenters. The minimum atomic E-state index is 0.975. The van der Waals surface area contributed by atoms with Gasteiger partial charge in [-0.3, -0.25) is 0 Å². The van der Waals surface area contributed by atoms with Gasteiger partial charge in [-0.2, -0.15) is 0 Å². The number of aliphatic imine (C=N–C) groups is 1. The molecule has 0 aromatic heterocycles. The van der Waals surface area contributed by atoms with Gasteiger partial charge in [0.05, 0.1) is 11.0 Å². The zero-order valence-corrected chi connectivity index (χ0v) is 8.51. The van der Waals surface area contributed by atoms with Crippen LogP contribution in [0.4, 0.5) is 5.69 Å². The number of hydrogen-bond acceptors (Lipinski definition) is 2. The summed E-state index contributed by atoms with van der Waals surface area (Å²) in [7, 11) is 0. The Hall–Kier alpha value is -2.22. The third-order valence-corrected chi connectivity index (χ3v) is 3.10. The molecule has 2 aliphatic rings. The van der Waals surface area contributed by atoms with E-state index in [4.69, 9.17) is 0 Å². The van der Waals surface area contributed by atoms with Crippen LogP contribution in [0.5, 0.6) is 0 Å². The summed E-state index contributed by atoms with van der Waals surface area (Å²) in [5.74, 6) is 0. The molecule has 0 saturated heterocycles. The van der Waals surface area contributed by atoms with E-state index in [-0.39, 0.29) is 0 Å². The molecular weight excluding hydrogens is 196 g/mol. The first-order valence-corrected chi connectivity index (χ1v) is 5.27. The molecule has 0 radical (unpaired) electrons. The quantitative estimate of drug-likeness (QED) is 0.533. The highest BCUT2D eigenvalue weighted by Gasteiger charge is 2.13.